The Bertz CT molecular complexity index is 836. The lowest BCUT2D eigenvalue weighted by molar-refractivity contribution is 0.223. The van der Waals surface area contributed by atoms with Crippen LogP contribution >= 0.6 is 24.8 Å². The molecule has 0 N–H and O–H groups in total. The summed E-state index contributed by atoms with van der Waals surface area (Å²) in [7, 11) is 0. The number of fused-ring (bicyclic) bond motifs is 3. The van der Waals surface area contributed by atoms with E-state index >= 15 is 0 Å². The fourth-order valence-corrected chi connectivity index (χ4v) is 3.58. The van der Waals surface area contributed by atoms with Gasteiger partial charge in [0.25, 0.3) is 0 Å². The van der Waals surface area contributed by atoms with Gasteiger partial charge >= 0.3 is 0 Å². The number of hydrogen-bond acceptors (Lipinski definition) is 5. The summed E-state index contributed by atoms with van der Waals surface area (Å²) in [5.41, 5.74) is 1.74. The van der Waals surface area contributed by atoms with Crippen LogP contribution in [-0.4, -0.2) is 62.3 Å². The maximum Gasteiger partial charge on any atom is 0.135 e. The first-order chi connectivity index (χ1) is 14.2. The van der Waals surface area contributed by atoms with Crippen molar-refractivity contribution in [1.82, 2.24) is 9.80 Å². The molecule has 1 heterocycles. The van der Waals surface area contributed by atoms with E-state index in [0.717, 1.165) is 72.7 Å². The highest BCUT2D eigenvalue weighted by atomic mass is 35.5. The Morgan fingerprint density at radius 1 is 0.645 bits per heavy atom. The minimum Gasteiger partial charge on any atom is -0.492 e. The maximum absolute atomic E-state index is 5.99. The Morgan fingerprint density at radius 2 is 1.03 bits per heavy atom. The first-order valence-corrected chi connectivity index (χ1v) is 10.8. The molecule has 0 fully saturated rings. The van der Waals surface area contributed by atoms with Crippen molar-refractivity contribution in [3.05, 3.63) is 36.4 Å². The average molecular weight is 471 g/mol. The highest BCUT2D eigenvalue weighted by Gasteiger charge is 2.10. The van der Waals surface area contributed by atoms with E-state index in [4.69, 9.17) is 13.9 Å². The summed E-state index contributed by atoms with van der Waals surface area (Å²) in [5.74, 6) is 1.75. The number of nitrogens with zero attached hydrogens (tertiary/aromatic N) is 2. The summed E-state index contributed by atoms with van der Waals surface area (Å²) in [5, 5.41) is 2.13. The van der Waals surface area contributed by atoms with Crippen molar-refractivity contribution in [3.8, 4) is 11.5 Å². The van der Waals surface area contributed by atoms with E-state index < -0.39 is 0 Å². The van der Waals surface area contributed by atoms with Crippen LogP contribution in [0.5, 0.6) is 11.5 Å². The van der Waals surface area contributed by atoms with Crippen molar-refractivity contribution in [2.75, 3.05) is 52.5 Å². The van der Waals surface area contributed by atoms with E-state index in [1.807, 2.05) is 24.3 Å². The zero-order valence-corrected chi connectivity index (χ0v) is 20.7. The SMILES string of the molecule is CCN(CC)CCOc1ccc2oc3ccc(OCCN(CC)CC)cc3c2c1.Cl.Cl. The Balaban J connectivity index is 0.00000240. The smallest absolute Gasteiger partial charge is 0.135 e. The summed E-state index contributed by atoms with van der Waals surface area (Å²) in [6, 6.07) is 12.1. The van der Waals surface area contributed by atoms with Gasteiger partial charge in [-0.3, -0.25) is 0 Å². The van der Waals surface area contributed by atoms with E-state index in [0.29, 0.717) is 13.2 Å². The minimum atomic E-state index is 0. The van der Waals surface area contributed by atoms with Crippen molar-refractivity contribution < 1.29 is 13.9 Å². The third kappa shape index (κ3) is 7.18. The van der Waals surface area contributed by atoms with Crippen LogP contribution in [0.25, 0.3) is 21.9 Å². The lowest BCUT2D eigenvalue weighted by Gasteiger charge is -2.18. The van der Waals surface area contributed by atoms with Gasteiger partial charge in [-0.2, -0.15) is 0 Å². The van der Waals surface area contributed by atoms with Crippen LogP contribution in [0.4, 0.5) is 0 Å². The third-order valence-electron chi connectivity index (χ3n) is 5.55. The molecule has 0 aliphatic carbocycles. The lowest BCUT2D eigenvalue weighted by Crippen LogP contribution is -2.27. The number of rotatable bonds is 12. The monoisotopic (exact) mass is 470 g/mol. The van der Waals surface area contributed by atoms with E-state index in [-0.39, 0.29) is 24.8 Å². The van der Waals surface area contributed by atoms with Crippen molar-refractivity contribution >= 4 is 46.8 Å². The molecule has 0 aliphatic rings. The number of ether oxygens (including phenoxy) is 2. The van der Waals surface area contributed by atoms with Gasteiger partial charge in [0.05, 0.1) is 0 Å². The van der Waals surface area contributed by atoms with Gasteiger partial charge in [0.2, 0.25) is 0 Å². The van der Waals surface area contributed by atoms with Gasteiger partial charge in [-0.15, -0.1) is 24.8 Å². The van der Waals surface area contributed by atoms with Crippen LogP contribution in [0.3, 0.4) is 0 Å². The predicted molar refractivity (Wildman–Crippen MR) is 135 cm³/mol. The summed E-state index contributed by atoms with van der Waals surface area (Å²) < 4.78 is 18.0. The molecule has 0 unspecified atom stereocenters. The summed E-state index contributed by atoms with van der Waals surface area (Å²) in [6.45, 7) is 16.1. The number of furan rings is 1. The second-order valence-electron chi connectivity index (χ2n) is 7.17. The molecule has 31 heavy (non-hydrogen) atoms. The second kappa shape index (κ2) is 13.7. The fraction of sp³-hybridized carbons (Fsp3) is 0.500. The molecule has 0 bridgehead atoms. The Hall–Kier alpha value is -1.66. The number of halogens is 2. The molecule has 0 radical (unpaired) electrons. The van der Waals surface area contributed by atoms with E-state index in [2.05, 4.69) is 49.6 Å². The molecule has 3 rings (SSSR count). The normalized spacial score (nSPS) is 11.0. The van der Waals surface area contributed by atoms with Gasteiger partial charge in [-0.25, -0.2) is 0 Å². The quantitative estimate of drug-likeness (QED) is 0.330. The maximum atomic E-state index is 5.99. The van der Waals surface area contributed by atoms with Crippen LogP contribution in [0, 0.1) is 0 Å². The molecule has 174 valence electrons. The molecule has 0 atom stereocenters. The summed E-state index contributed by atoms with van der Waals surface area (Å²) in [6.07, 6.45) is 0. The van der Waals surface area contributed by atoms with Gasteiger partial charge < -0.3 is 23.7 Å². The van der Waals surface area contributed by atoms with Crippen LogP contribution < -0.4 is 9.47 Å². The highest BCUT2D eigenvalue weighted by Crippen LogP contribution is 2.33. The summed E-state index contributed by atoms with van der Waals surface area (Å²) >= 11 is 0. The Labute approximate surface area is 198 Å². The van der Waals surface area contributed by atoms with Crippen LogP contribution in [0.15, 0.2) is 40.8 Å². The number of benzene rings is 2. The number of likely N-dealkylation sites (N-methyl/N-ethyl adjacent to an activating group) is 2. The minimum absolute atomic E-state index is 0. The van der Waals surface area contributed by atoms with E-state index in [1.165, 1.54) is 0 Å². The van der Waals surface area contributed by atoms with Gasteiger partial charge in [0.1, 0.15) is 35.9 Å². The van der Waals surface area contributed by atoms with Gasteiger partial charge in [0, 0.05) is 23.9 Å². The molecular weight excluding hydrogens is 435 g/mol. The predicted octanol–water partition coefficient (Wildman–Crippen LogP) is 5.87. The van der Waals surface area contributed by atoms with Gasteiger partial charge in [0.15, 0.2) is 0 Å². The molecule has 0 saturated carbocycles. The molecule has 1 aromatic heterocycles. The summed E-state index contributed by atoms with van der Waals surface area (Å²) in [4.78, 5) is 4.71. The Kier molecular flexibility index (Phi) is 12.1. The van der Waals surface area contributed by atoms with E-state index in [9.17, 15) is 0 Å². The Morgan fingerprint density at radius 3 is 1.39 bits per heavy atom. The van der Waals surface area contributed by atoms with Crippen LogP contribution in [0.2, 0.25) is 0 Å². The molecule has 5 nitrogen and oxygen atoms in total. The largest absolute Gasteiger partial charge is 0.492 e. The standard InChI is InChI=1S/C24H34N2O3.2ClH/c1-5-25(6-2)13-15-27-19-9-11-23-21(17-19)22-18-20(10-12-24(22)29-23)28-16-14-26(7-3)8-4;;/h9-12,17-18H,5-8,13-16H2,1-4H3;2*1H. The van der Waals surface area contributed by atoms with Crippen molar-refractivity contribution in [2.24, 2.45) is 0 Å². The van der Waals surface area contributed by atoms with Gasteiger partial charge in [-0.1, -0.05) is 27.7 Å². The van der Waals surface area contributed by atoms with Crippen molar-refractivity contribution in [2.45, 2.75) is 27.7 Å². The first-order valence-electron chi connectivity index (χ1n) is 10.8. The molecule has 2 aromatic carbocycles. The molecule has 7 heteroatoms. The van der Waals surface area contributed by atoms with Crippen LogP contribution in [-0.2, 0) is 0 Å². The van der Waals surface area contributed by atoms with Crippen molar-refractivity contribution in [1.29, 1.82) is 0 Å². The third-order valence-corrected chi connectivity index (χ3v) is 5.55. The fourth-order valence-electron chi connectivity index (χ4n) is 3.58. The molecule has 0 amide bonds. The first kappa shape index (κ1) is 27.4. The zero-order valence-electron chi connectivity index (χ0n) is 19.1. The topological polar surface area (TPSA) is 38.1 Å². The average Bonchev–Trinajstić information content (AvgIpc) is 3.11. The zero-order chi connectivity index (χ0) is 20.6. The highest BCUT2D eigenvalue weighted by molar-refractivity contribution is 6.05. The lowest BCUT2D eigenvalue weighted by atomic mass is 10.1. The molecule has 0 aliphatic heterocycles. The molecule has 3 aromatic rings. The molecular formula is C24H36Cl2N2O3. The van der Waals surface area contributed by atoms with Gasteiger partial charge in [-0.05, 0) is 62.6 Å². The van der Waals surface area contributed by atoms with E-state index in [1.54, 1.807) is 0 Å². The molecule has 0 spiro atoms. The van der Waals surface area contributed by atoms with Crippen molar-refractivity contribution in [3.63, 3.8) is 0 Å². The second-order valence-corrected chi connectivity index (χ2v) is 7.17. The number of hydrogen-bond donors (Lipinski definition) is 0. The van der Waals surface area contributed by atoms with Crippen LogP contribution in [0.1, 0.15) is 27.7 Å². The molecule has 0 saturated heterocycles.